The summed E-state index contributed by atoms with van der Waals surface area (Å²) >= 11 is 12.0. The summed E-state index contributed by atoms with van der Waals surface area (Å²) in [4.78, 5) is 14.6. The van der Waals surface area contributed by atoms with Gasteiger partial charge in [0.2, 0.25) is 0 Å². The molecule has 0 saturated carbocycles. The molecule has 1 amide bonds. The summed E-state index contributed by atoms with van der Waals surface area (Å²) in [5.41, 5.74) is -1.03. The third kappa shape index (κ3) is 3.64. The van der Waals surface area contributed by atoms with Crippen molar-refractivity contribution < 1.29 is 19.0 Å². The molecule has 1 spiro atoms. The molecule has 7 heteroatoms. The highest BCUT2D eigenvalue weighted by molar-refractivity contribution is 6.35. The average Bonchev–Trinajstić information content (AvgIpc) is 2.98. The van der Waals surface area contributed by atoms with Crippen LogP contribution in [0.1, 0.15) is 26.7 Å². The zero-order valence-corrected chi connectivity index (χ0v) is 15.3. The quantitative estimate of drug-likeness (QED) is 0.813. The number of hydrogen-bond acceptors (Lipinski definition) is 4. The van der Waals surface area contributed by atoms with Crippen LogP contribution in [0.3, 0.4) is 0 Å². The van der Waals surface area contributed by atoms with Crippen molar-refractivity contribution in [3.8, 4) is 5.75 Å². The Kier molecular flexibility index (Phi) is 4.98. The van der Waals surface area contributed by atoms with Gasteiger partial charge >= 0.3 is 0 Å². The van der Waals surface area contributed by atoms with Gasteiger partial charge in [-0.25, -0.2) is 0 Å². The van der Waals surface area contributed by atoms with Crippen LogP contribution in [0.25, 0.3) is 0 Å². The number of likely N-dealkylation sites (tertiary alicyclic amines) is 1. The van der Waals surface area contributed by atoms with Gasteiger partial charge in [0, 0.05) is 31.0 Å². The summed E-state index contributed by atoms with van der Waals surface area (Å²) in [7, 11) is 0. The van der Waals surface area contributed by atoms with E-state index in [0.717, 1.165) is 0 Å². The van der Waals surface area contributed by atoms with Crippen LogP contribution < -0.4 is 4.74 Å². The second-order valence-corrected chi connectivity index (χ2v) is 7.43. The number of ether oxygens (including phenoxy) is 3. The number of amides is 1. The number of halogens is 2. The lowest BCUT2D eigenvalue weighted by Gasteiger charge is -2.40. The first-order valence-electron chi connectivity index (χ1n) is 8.03. The first-order chi connectivity index (χ1) is 11.3. The van der Waals surface area contributed by atoms with E-state index in [4.69, 9.17) is 37.4 Å². The minimum absolute atomic E-state index is 0.0821. The van der Waals surface area contributed by atoms with E-state index in [1.807, 2.05) is 0 Å². The molecule has 3 rings (SSSR count). The summed E-state index contributed by atoms with van der Waals surface area (Å²) in [6.07, 6.45) is 1.35. The zero-order valence-electron chi connectivity index (χ0n) is 13.8. The van der Waals surface area contributed by atoms with Gasteiger partial charge in [0.05, 0.1) is 18.2 Å². The van der Waals surface area contributed by atoms with Crippen molar-refractivity contribution in [3.63, 3.8) is 0 Å². The molecule has 2 saturated heterocycles. The smallest absolute Gasteiger partial charge is 0.266 e. The molecule has 0 aromatic heterocycles. The largest absolute Gasteiger partial charge is 0.476 e. The molecule has 0 bridgehead atoms. The fourth-order valence-electron chi connectivity index (χ4n) is 3.09. The molecule has 2 heterocycles. The second kappa shape index (κ2) is 6.71. The van der Waals surface area contributed by atoms with E-state index in [2.05, 4.69) is 0 Å². The molecule has 2 aliphatic heterocycles. The number of benzene rings is 1. The molecular formula is C17H21Cl2NO4. The Morgan fingerprint density at radius 1 is 1.21 bits per heavy atom. The minimum Gasteiger partial charge on any atom is -0.476 e. The van der Waals surface area contributed by atoms with Gasteiger partial charge in [-0.3, -0.25) is 4.79 Å². The van der Waals surface area contributed by atoms with Crippen molar-refractivity contribution >= 4 is 29.1 Å². The summed E-state index contributed by atoms with van der Waals surface area (Å²) < 4.78 is 17.3. The summed E-state index contributed by atoms with van der Waals surface area (Å²) in [6.45, 7) is 5.90. The monoisotopic (exact) mass is 373 g/mol. The normalized spacial score (nSPS) is 20.4. The van der Waals surface area contributed by atoms with Crippen molar-refractivity contribution in [1.29, 1.82) is 0 Å². The van der Waals surface area contributed by atoms with Gasteiger partial charge < -0.3 is 19.1 Å². The van der Waals surface area contributed by atoms with E-state index in [1.54, 1.807) is 36.9 Å². The van der Waals surface area contributed by atoms with Crippen LogP contribution in [0.4, 0.5) is 0 Å². The Bertz CT molecular complexity index is 619. The third-order valence-electron chi connectivity index (χ3n) is 4.40. The van der Waals surface area contributed by atoms with Gasteiger partial charge in [0.25, 0.3) is 5.91 Å². The fraction of sp³-hybridized carbons (Fsp3) is 0.588. The van der Waals surface area contributed by atoms with Gasteiger partial charge in [-0.15, -0.1) is 0 Å². The van der Waals surface area contributed by atoms with Crippen LogP contribution >= 0.6 is 23.2 Å². The molecule has 0 atom stereocenters. The fourth-order valence-corrected chi connectivity index (χ4v) is 3.54. The predicted molar refractivity (Wildman–Crippen MR) is 91.6 cm³/mol. The van der Waals surface area contributed by atoms with Crippen LogP contribution in [-0.2, 0) is 14.3 Å². The van der Waals surface area contributed by atoms with Gasteiger partial charge in [0.1, 0.15) is 5.75 Å². The van der Waals surface area contributed by atoms with Crippen LogP contribution in [0.2, 0.25) is 10.0 Å². The summed E-state index contributed by atoms with van der Waals surface area (Å²) in [5, 5.41) is 0.906. The lowest BCUT2D eigenvalue weighted by molar-refractivity contribution is -0.190. The highest BCUT2D eigenvalue weighted by atomic mass is 35.5. The number of piperidine rings is 1. The predicted octanol–water partition coefficient (Wildman–Crippen LogP) is 3.52. The van der Waals surface area contributed by atoms with E-state index in [0.29, 0.717) is 54.9 Å². The average molecular weight is 374 g/mol. The molecule has 2 fully saturated rings. The third-order valence-corrected chi connectivity index (χ3v) is 4.93. The lowest BCUT2D eigenvalue weighted by atomic mass is 10.0. The van der Waals surface area contributed by atoms with E-state index < -0.39 is 11.4 Å². The van der Waals surface area contributed by atoms with Crippen LogP contribution in [0, 0.1) is 0 Å². The molecule has 132 valence electrons. The van der Waals surface area contributed by atoms with E-state index >= 15 is 0 Å². The van der Waals surface area contributed by atoms with Crippen LogP contribution in [0.15, 0.2) is 18.2 Å². The van der Waals surface area contributed by atoms with Crippen molar-refractivity contribution in [2.24, 2.45) is 0 Å². The van der Waals surface area contributed by atoms with Crippen molar-refractivity contribution in [1.82, 2.24) is 4.90 Å². The minimum atomic E-state index is -1.03. The van der Waals surface area contributed by atoms with Crippen LogP contribution in [0.5, 0.6) is 5.75 Å². The molecule has 24 heavy (non-hydrogen) atoms. The molecule has 0 radical (unpaired) electrons. The van der Waals surface area contributed by atoms with Gasteiger partial charge in [0.15, 0.2) is 11.4 Å². The first-order valence-corrected chi connectivity index (χ1v) is 8.78. The molecule has 0 aliphatic carbocycles. The van der Waals surface area contributed by atoms with E-state index in [9.17, 15) is 4.79 Å². The van der Waals surface area contributed by atoms with Gasteiger partial charge in [-0.2, -0.15) is 0 Å². The topological polar surface area (TPSA) is 48.0 Å². The number of carbonyl (C=O) groups is 1. The molecule has 0 unspecified atom stereocenters. The Balaban J connectivity index is 1.65. The maximum atomic E-state index is 12.9. The van der Waals surface area contributed by atoms with Crippen LogP contribution in [-0.4, -0.2) is 48.5 Å². The molecule has 1 aromatic carbocycles. The Hall–Kier alpha value is -1.01. The van der Waals surface area contributed by atoms with Gasteiger partial charge in [-0.05, 0) is 32.0 Å². The second-order valence-electron chi connectivity index (χ2n) is 6.59. The molecule has 2 aliphatic rings. The molecular weight excluding hydrogens is 353 g/mol. The number of hydrogen-bond donors (Lipinski definition) is 0. The maximum Gasteiger partial charge on any atom is 0.266 e. The molecule has 0 N–H and O–H groups in total. The number of carbonyl (C=O) groups excluding carboxylic acids is 1. The lowest BCUT2D eigenvalue weighted by Crippen LogP contribution is -2.54. The van der Waals surface area contributed by atoms with Crippen molar-refractivity contribution in [2.45, 2.75) is 38.1 Å². The highest BCUT2D eigenvalue weighted by Gasteiger charge is 2.43. The Morgan fingerprint density at radius 2 is 1.83 bits per heavy atom. The zero-order chi connectivity index (χ0) is 17.4. The van der Waals surface area contributed by atoms with Gasteiger partial charge in [-0.1, -0.05) is 23.2 Å². The number of nitrogens with zero attached hydrogens (tertiary/aromatic N) is 1. The number of rotatable bonds is 3. The maximum absolute atomic E-state index is 12.9. The van der Waals surface area contributed by atoms with E-state index in [-0.39, 0.29) is 5.91 Å². The van der Waals surface area contributed by atoms with Crippen molar-refractivity contribution in [3.05, 3.63) is 28.2 Å². The molecule has 1 aromatic rings. The first kappa shape index (κ1) is 17.8. The standard InChI is InChI=1S/C17H21Cl2NO4/c1-16(2,24-14-4-3-12(18)11-13(14)19)15(21)20-7-5-17(6-8-20)22-9-10-23-17/h3-4,11H,5-10H2,1-2H3. The summed E-state index contributed by atoms with van der Waals surface area (Å²) in [5.74, 6) is -0.141. The van der Waals surface area contributed by atoms with Crippen molar-refractivity contribution in [2.75, 3.05) is 26.3 Å². The Labute approximate surface area is 151 Å². The SMILES string of the molecule is CC(C)(Oc1ccc(Cl)cc1Cl)C(=O)N1CCC2(CC1)OCCO2. The highest BCUT2D eigenvalue weighted by Crippen LogP contribution is 2.34. The van der Waals surface area contributed by atoms with E-state index in [1.165, 1.54) is 0 Å². The molecule has 5 nitrogen and oxygen atoms in total. The summed E-state index contributed by atoms with van der Waals surface area (Å²) in [6, 6.07) is 4.95. The Morgan fingerprint density at radius 3 is 2.42 bits per heavy atom.